The van der Waals surface area contributed by atoms with E-state index in [9.17, 15) is 18.0 Å². The zero-order chi connectivity index (χ0) is 24.3. The second-order valence-corrected chi connectivity index (χ2v) is 9.26. The number of hydrogen-bond donors (Lipinski definition) is 1. The summed E-state index contributed by atoms with van der Waals surface area (Å²) in [4.78, 5) is 26.9. The largest absolute Gasteiger partial charge is 0.419 e. The van der Waals surface area contributed by atoms with Gasteiger partial charge in [0.2, 0.25) is 5.95 Å². The Hall–Kier alpha value is -2.88. The van der Waals surface area contributed by atoms with Crippen molar-refractivity contribution in [2.75, 3.05) is 31.1 Å². The Bertz CT molecular complexity index is 947. The van der Waals surface area contributed by atoms with Crippen molar-refractivity contribution in [2.24, 2.45) is 0 Å². The summed E-state index contributed by atoms with van der Waals surface area (Å²) in [5.41, 5.74) is 0.424. The zero-order valence-corrected chi connectivity index (χ0v) is 19.5. The van der Waals surface area contributed by atoms with Gasteiger partial charge < -0.3 is 15.1 Å². The molecule has 0 aliphatic carbocycles. The number of rotatable bonds is 4. The number of nitrogens with zero attached hydrogens (tertiary/aromatic N) is 5. The van der Waals surface area contributed by atoms with Gasteiger partial charge in [0.25, 0.3) is 0 Å². The summed E-state index contributed by atoms with van der Waals surface area (Å²) < 4.78 is 38.4. The number of carbonyl (C=O) groups is 1. The number of nitrogens with one attached hydrogen (secondary N) is 1. The predicted molar refractivity (Wildman–Crippen MR) is 123 cm³/mol. The smallest absolute Gasteiger partial charge is 0.335 e. The van der Waals surface area contributed by atoms with E-state index in [1.165, 1.54) is 5.56 Å². The molecule has 0 bridgehead atoms. The van der Waals surface area contributed by atoms with Gasteiger partial charge in [0.05, 0.1) is 5.56 Å². The highest BCUT2D eigenvalue weighted by molar-refractivity contribution is 5.75. The van der Waals surface area contributed by atoms with E-state index in [2.05, 4.69) is 32.3 Å². The molecule has 2 fully saturated rings. The molecular formula is C24H31F3N6O. The average Bonchev–Trinajstić information content (AvgIpc) is 2.82. The lowest BCUT2D eigenvalue weighted by atomic mass is 10.0. The Labute approximate surface area is 198 Å². The minimum atomic E-state index is -4.47. The molecule has 34 heavy (non-hydrogen) atoms. The number of piperidine rings is 1. The molecule has 2 aromatic rings. The molecule has 10 heteroatoms. The summed E-state index contributed by atoms with van der Waals surface area (Å²) in [5, 5.41) is 3.19. The van der Waals surface area contributed by atoms with Crippen LogP contribution in [-0.2, 0) is 12.7 Å². The first-order valence-electron chi connectivity index (χ1n) is 11.7. The number of hydrogen-bond acceptors (Lipinski definition) is 5. The summed E-state index contributed by atoms with van der Waals surface area (Å²) in [7, 11) is 0. The third kappa shape index (κ3) is 5.78. The molecule has 1 N–H and O–H groups in total. The number of likely N-dealkylation sites (tertiary alicyclic amines) is 1. The number of alkyl halides is 3. The van der Waals surface area contributed by atoms with Crippen LogP contribution in [-0.4, -0.2) is 70.1 Å². The number of urea groups is 1. The maximum atomic E-state index is 13.0. The number of benzene rings is 1. The minimum Gasteiger partial charge on any atom is -0.335 e. The van der Waals surface area contributed by atoms with Crippen LogP contribution in [0.2, 0.25) is 0 Å². The summed E-state index contributed by atoms with van der Waals surface area (Å²) in [6, 6.07) is 10.2. The summed E-state index contributed by atoms with van der Waals surface area (Å²) in [6.45, 7) is 7.56. The molecule has 0 spiro atoms. The molecule has 7 nitrogen and oxygen atoms in total. The van der Waals surface area contributed by atoms with Gasteiger partial charge >= 0.3 is 12.2 Å². The standard InChI is InChI=1S/C24H31F3N6O/c1-17-15-33(18(2)14-32(17)22-28-12-20(13-29-22)24(25,26)27)23(34)30-21-8-10-31(11-9-21)16-19-6-4-3-5-7-19/h3-7,12-13,17-18,21H,8-11,14-16H2,1-2H3,(H,30,34)/t17-,18-/m1/s1. The van der Waals surface area contributed by atoms with E-state index in [4.69, 9.17) is 0 Å². The van der Waals surface area contributed by atoms with Crippen LogP contribution >= 0.6 is 0 Å². The Morgan fingerprint density at radius 3 is 2.29 bits per heavy atom. The molecule has 2 saturated heterocycles. The lowest BCUT2D eigenvalue weighted by molar-refractivity contribution is -0.138. The maximum Gasteiger partial charge on any atom is 0.419 e. The predicted octanol–water partition coefficient (Wildman–Crippen LogP) is 3.77. The fourth-order valence-corrected chi connectivity index (χ4v) is 4.64. The van der Waals surface area contributed by atoms with Gasteiger partial charge in [0.15, 0.2) is 0 Å². The van der Waals surface area contributed by atoms with Gasteiger partial charge in [-0.25, -0.2) is 14.8 Å². The lowest BCUT2D eigenvalue weighted by Gasteiger charge is -2.44. The number of aromatic nitrogens is 2. The van der Waals surface area contributed by atoms with Gasteiger partial charge in [-0.05, 0) is 32.3 Å². The molecule has 184 valence electrons. The molecular weight excluding hydrogens is 445 g/mol. The lowest BCUT2D eigenvalue weighted by Crippen LogP contribution is -2.61. The highest BCUT2D eigenvalue weighted by atomic mass is 19.4. The highest BCUT2D eigenvalue weighted by Crippen LogP contribution is 2.29. The highest BCUT2D eigenvalue weighted by Gasteiger charge is 2.36. The molecule has 2 aliphatic rings. The topological polar surface area (TPSA) is 64.6 Å². The first-order chi connectivity index (χ1) is 16.2. The molecule has 2 amide bonds. The number of halogens is 3. The van der Waals surface area contributed by atoms with Gasteiger partial charge in [-0.3, -0.25) is 4.90 Å². The molecule has 0 saturated carbocycles. The van der Waals surface area contributed by atoms with E-state index in [1.54, 1.807) is 0 Å². The van der Waals surface area contributed by atoms with Crippen LogP contribution in [0, 0.1) is 0 Å². The van der Waals surface area contributed by atoms with Gasteiger partial charge in [0, 0.05) is 63.2 Å². The Morgan fingerprint density at radius 1 is 1.03 bits per heavy atom. The second-order valence-electron chi connectivity index (χ2n) is 9.26. The monoisotopic (exact) mass is 476 g/mol. The molecule has 0 unspecified atom stereocenters. The van der Waals surface area contributed by atoms with Gasteiger partial charge in [-0.2, -0.15) is 13.2 Å². The summed E-state index contributed by atoms with van der Waals surface area (Å²) in [6.07, 6.45) is -1.04. The number of amides is 2. The Kier molecular flexibility index (Phi) is 7.25. The second kappa shape index (κ2) is 10.2. The normalized spacial score (nSPS) is 22.6. The van der Waals surface area contributed by atoms with Crippen molar-refractivity contribution in [1.82, 2.24) is 25.1 Å². The third-order valence-corrected chi connectivity index (χ3v) is 6.63. The molecule has 2 atom stereocenters. The van der Waals surface area contributed by atoms with Crippen LogP contribution in [0.15, 0.2) is 42.7 Å². The fourth-order valence-electron chi connectivity index (χ4n) is 4.64. The summed E-state index contributed by atoms with van der Waals surface area (Å²) in [5.74, 6) is 0.248. The first-order valence-corrected chi connectivity index (χ1v) is 11.7. The van der Waals surface area contributed by atoms with E-state index >= 15 is 0 Å². The van der Waals surface area contributed by atoms with Gasteiger partial charge in [0.1, 0.15) is 0 Å². The van der Waals surface area contributed by atoms with Crippen molar-refractivity contribution < 1.29 is 18.0 Å². The Morgan fingerprint density at radius 2 is 1.68 bits per heavy atom. The van der Waals surface area contributed by atoms with E-state index in [0.717, 1.165) is 44.9 Å². The van der Waals surface area contributed by atoms with E-state index < -0.39 is 11.7 Å². The SMILES string of the molecule is C[C@@H]1CN(c2ncc(C(F)(F)F)cn2)[C@H](C)CN1C(=O)NC1CCN(Cc2ccccc2)CC1. The van der Waals surface area contributed by atoms with Crippen LogP contribution in [0.5, 0.6) is 0 Å². The van der Waals surface area contributed by atoms with Crippen molar-refractivity contribution in [2.45, 2.75) is 57.5 Å². The van der Waals surface area contributed by atoms with Crippen molar-refractivity contribution in [3.05, 3.63) is 53.9 Å². The van der Waals surface area contributed by atoms with Gasteiger partial charge in [-0.1, -0.05) is 30.3 Å². The number of carbonyl (C=O) groups excluding carboxylic acids is 1. The van der Waals surface area contributed by atoms with Crippen LogP contribution in [0.3, 0.4) is 0 Å². The van der Waals surface area contributed by atoms with Gasteiger partial charge in [-0.15, -0.1) is 0 Å². The quantitative estimate of drug-likeness (QED) is 0.728. The maximum absolute atomic E-state index is 13.0. The average molecular weight is 477 g/mol. The first kappa shape index (κ1) is 24.3. The van der Waals surface area contributed by atoms with E-state index in [1.807, 2.05) is 41.8 Å². The van der Waals surface area contributed by atoms with Crippen LogP contribution in [0.1, 0.15) is 37.8 Å². The van der Waals surface area contributed by atoms with Crippen LogP contribution in [0.4, 0.5) is 23.9 Å². The van der Waals surface area contributed by atoms with Crippen LogP contribution in [0.25, 0.3) is 0 Å². The van der Waals surface area contributed by atoms with Crippen molar-refractivity contribution in [3.8, 4) is 0 Å². The number of anilines is 1. The Balaban J connectivity index is 1.28. The number of piperazine rings is 1. The van der Waals surface area contributed by atoms with E-state index in [0.29, 0.717) is 13.1 Å². The molecule has 2 aliphatic heterocycles. The minimum absolute atomic E-state index is 0.0890. The summed E-state index contributed by atoms with van der Waals surface area (Å²) >= 11 is 0. The van der Waals surface area contributed by atoms with Crippen LogP contribution < -0.4 is 10.2 Å². The zero-order valence-electron chi connectivity index (χ0n) is 19.5. The van der Waals surface area contributed by atoms with Crippen molar-refractivity contribution in [1.29, 1.82) is 0 Å². The molecule has 1 aromatic heterocycles. The molecule has 0 radical (unpaired) electrons. The molecule has 3 heterocycles. The van der Waals surface area contributed by atoms with Crippen molar-refractivity contribution >= 4 is 12.0 Å². The molecule has 4 rings (SSSR count). The van der Waals surface area contributed by atoms with E-state index in [-0.39, 0.29) is 30.1 Å². The fraction of sp³-hybridized carbons (Fsp3) is 0.542. The molecule has 1 aromatic carbocycles. The van der Waals surface area contributed by atoms with Crippen molar-refractivity contribution in [3.63, 3.8) is 0 Å². The third-order valence-electron chi connectivity index (χ3n) is 6.63.